The Morgan fingerprint density at radius 3 is 2.43 bits per heavy atom. The highest BCUT2D eigenvalue weighted by atomic mass is 32.2. The normalized spacial score (nSPS) is 14.5. The largest absolute Gasteiger partial charge is 0.432 e. The first-order valence-corrected chi connectivity index (χ1v) is 5.06. The third kappa shape index (κ3) is 5.85. The van der Waals surface area contributed by atoms with Gasteiger partial charge >= 0.3 is 6.18 Å². The molecule has 0 amide bonds. The minimum atomic E-state index is -4.36. The van der Waals surface area contributed by atoms with Gasteiger partial charge in [0.05, 0.1) is 0 Å². The number of nitrogens with zero attached hydrogens (tertiary/aromatic N) is 1. The van der Waals surface area contributed by atoms with E-state index in [1.54, 1.807) is 11.5 Å². The van der Waals surface area contributed by atoms with Gasteiger partial charge in [0.25, 0.3) is 0 Å². The van der Waals surface area contributed by atoms with Crippen molar-refractivity contribution >= 4 is 17.5 Å². The lowest BCUT2D eigenvalue weighted by Crippen LogP contribution is -2.20. The SMILES string of the molecule is CCS/C=C/C=C\C(=N/C)C(F)(F)F. The molecule has 0 radical (unpaired) electrons. The zero-order valence-corrected chi connectivity index (χ0v) is 8.82. The lowest BCUT2D eigenvalue weighted by molar-refractivity contribution is -0.0577. The summed E-state index contributed by atoms with van der Waals surface area (Å²) >= 11 is 1.52. The van der Waals surface area contributed by atoms with Crippen molar-refractivity contribution in [3.05, 3.63) is 23.6 Å². The van der Waals surface area contributed by atoms with Crippen molar-refractivity contribution in [2.75, 3.05) is 12.8 Å². The summed E-state index contributed by atoms with van der Waals surface area (Å²) in [7, 11) is 1.12. The number of allylic oxidation sites excluding steroid dienone is 3. The molecule has 0 bridgehead atoms. The molecule has 0 unspecified atom stereocenters. The summed E-state index contributed by atoms with van der Waals surface area (Å²) < 4.78 is 36.3. The van der Waals surface area contributed by atoms with Gasteiger partial charge in [-0.05, 0) is 17.2 Å². The fourth-order valence-corrected chi connectivity index (χ4v) is 1.03. The van der Waals surface area contributed by atoms with Crippen LogP contribution in [0.2, 0.25) is 0 Å². The number of hydrogen-bond donors (Lipinski definition) is 0. The van der Waals surface area contributed by atoms with Crippen LogP contribution in [0.5, 0.6) is 0 Å². The molecule has 0 rings (SSSR count). The molecule has 0 saturated heterocycles. The van der Waals surface area contributed by atoms with Gasteiger partial charge < -0.3 is 0 Å². The fourth-order valence-electron chi connectivity index (χ4n) is 0.640. The lowest BCUT2D eigenvalue weighted by Gasteiger charge is -2.03. The molecule has 14 heavy (non-hydrogen) atoms. The maximum Gasteiger partial charge on any atom is 0.432 e. The zero-order valence-electron chi connectivity index (χ0n) is 8.01. The maximum atomic E-state index is 12.1. The van der Waals surface area contributed by atoms with E-state index in [-0.39, 0.29) is 0 Å². The predicted octanol–water partition coefficient (Wildman–Crippen LogP) is 3.44. The van der Waals surface area contributed by atoms with Gasteiger partial charge in [0.1, 0.15) is 5.71 Å². The molecular formula is C9H12F3NS. The Hall–Kier alpha value is -0.710. The molecule has 0 heterocycles. The van der Waals surface area contributed by atoms with Gasteiger partial charge in [-0.15, -0.1) is 11.8 Å². The molecule has 0 aromatic rings. The molecule has 0 N–H and O–H groups in total. The molecule has 80 valence electrons. The molecule has 0 saturated carbocycles. The second-order valence-corrected chi connectivity index (χ2v) is 3.43. The lowest BCUT2D eigenvalue weighted by atomic mass is 10.3. The average Bonchev–Trinajstić information content (AvgIpc) is 2.09. The highest BCUT2D eigenvalue weighted by Gasteiger charge is 2.32. The van der Waals surface area contributed by atoms with Crippen LogP contribution in [0.3, 0.4) is 0 Å². The Balaban J connectivity index is 4.21. The second-order valence-electron chi connectivity index (χ2n) is 2.25. The van der Waals surface area contributed by atoms with E-state index in [0.717, 1.165) is 18.9 Å². The molecule has 0 aliphatic carbocycles. The van der Waals surface area contributed by atoms with E-state index in [2.05, 4.69) is 4.99 Å². The van der Waals surface area contributed by atoms with E-state index < -0.39 is 11.9 Å². The third-order valence-electron chi connectivity index (χ3n) is 1.24. The quantitative estimate of drug-likeness (QED) is 0.525. The standard InChI is InChI=1S/C9H12F3NS/c1-3-14-7-5-4-6-8(13-2)9(10,11)12/h4-7H,3H2,1-2H3/b6-4-,7-5+,13-8+. The number of aliphatic imine (C=N–C) groups is 1. The number of thioether (sulfide) groups is 1. The highest BCUT2D eigenvalue weighted by Crippen LogP contribution is 2.17. The summed E-state index contributed by atoms with van der Waals surface area (Å²) in [6, 6.07) is 0. The van der Waals surface area contributed by atoms with Gasteiger partial charge in [-0.3, -0.25) is 4.99 Å². The first-order chi connectivity index (χ1) is 6.52. The van der Waals surface area contributed by atoms with Crippen LogP contribution in [0.25, 0.3) is 0 Å². The summed E-state index contributed by atoms with van der Waals surface area (Å²) in [4.78, 5) is 3.14. The molecule has 0 fully saturated rings. The van der Waals surface area contributed by atoms with Crippen molar-refractivity contribution in [3.8, 4) is 0 Å². The average molecular weight is 223 g/mol. The predicted molar refractivity (Wildman–Crippen MR) is 55.8 cm³/mol. The molecular weight excluding hydrogens is 211 g/mol. The minimum Gasteiger partial charge on any atom is -0.284 e. The van der Waals surface area contributed by atoms with Crippen molar-refractivity contribution in [1.82, 2.24) is 0 Å². The van der Waals surface area contributed by atoms with E-state index in [4.69, 9.17) is 0 Å². The van der Waals surface area contributed by atoms with E-state index in [0.29, 0.717) is 0 Å². The van der Waals surface area contributed by atoms with Crippen LogP contribution >= 0.6 is 11.8 Å². The number of halogens is 3. The number of alkyl halides is 3. The Kier molecular flexibility index (Phi) is 6.36. The summed E-state index contributed by atoms with van der Waals surface area (Å²) in [5.41, 5.74) is -0.872. The van der Waals surface area contributed by atoms with Gasteiger partial charge in [-0.25, -0.2) is 0 Å². The maximum absolute atomic E-state index is 12.1. The Morgan fingerprint density at radius 1 is 1.36 bits per heavy atom. The molecule has 1 nitrogen and oxygen atoms in total. The van der Waals surface area contributed by atoms with E-state index in [1.165, 1.54) is 17.8 Å². The van der Waals surface area contributed by atoms with Crippen LogP contribution in [0.1, 0.15) is 6.92 Å². The first kappa shape index (κ1) is 13.3. The Morgan fingerprint density at radius 2 is 2.00 bits per heavy atom. The molecule has 0 aliphatic heterocycles. The van der Waals surface area contributed by atoms with Crippen molar-refractivity contribution in [2.24, 2.45) is 4.99 Å². The van der Waals surface area contributed by atoms with Crippen molar-refractivity contribution in [3.63, 3.8) is 0 Å². The van der Waals surface area contributed by atoms with E-state index in [9.17, 15) is 13.2 Å². The number of rotatable bonds is 4. The van der Waals surface area contributed by atoms with E-state index in [1.807, 2.05) is 6.92 Å². The Bertz CT molecular complexity index is 241. The summed E-state index contributed by atoms with van der Waals surface area (Å²) in [5.74, 6) is 0.901. The van der Waals surface area contributed by atoms with Gasteiger partial charge in [0.2, 0.25) is 0 Å². The van der Waals surface area contributed by atoms with Gasteiger partial charge in [0.15, 0.2) is 0 Å². The monoisotopic (exact) mass is 223 g/mol. The molecule has 5 heteroatoms. The highest BCUT2D eigenvalue weighted by molar-refractivity contribution is 8.02. The van der Waals surface area contributed by atoms with Crippen molar-refractivity contribution < 1.29 is 13.2 Å². The molecule has 0 aromatic carbocycles. The van der Waals surface area contributed by atoms with Crippen molar-refractivity contribution in [2.45, 2.75) is 13.1 Å². The summed E-state index contributed by atoms with van der Waals surface area (Å²) in [5, 5.41) is 1.74. The van der Waals surface area contributed by atoms with Gasteiger partial charge in [-0.2, -0.15) is 13.2 Å². The fraction of sp³-hybridized carbons (Fsp3) is 0.444. The van der Waals surface area contributed by atoms with Crippen LogP contribution in [-0.4, -0.2) is 24.7 Å². The molecule has 0 aromatic heterocycles. The topological polar surface area (TPSA) is 12.4 Å². The van der Waals surface area contributed by atoms with Crippen LogP contribution < -0.4 is 0 Å². The van der Waals surface area contributed by atoms with Crippen molar-refractivity contribution in [1.29, 1.82) is 0 Å². The summed E-state index contributed by atoms with van der Waals surface area (Å²) in [6.45, 7) is 1.97. The number of hydrogen-bond acceptors (Lipinski definition) is 2. The Labute approximate surface area is 85.8 Å². The van der Waals surface area contributed by atoms with Crippen LogP contribution in [0.15, 0.2) is 28.6 Å². The van der Waals surface area contributed by atoms with Crippen LogP contribution in [0, 0.1) is 0 Å². The molecule has 0 atom stereocenters. The molecule has 0 aliphatic rings. The van der Waals surface area contributed by atoms with Crippen LogP contribution in [-0.2, 0) is 0 Å². The smallest absolute Gasteiger partial charge is 0.284 e. The van der Waals surface area contributed by atoms with E-state index >= 15 is 0 Å². The zero-order chi connectivity index (χ0) is 11.0. The minimum absolute atomic E-state index is 0.872. The summed E-state index contributed by atoms with van der Waals surface area (Å²) in [6.07, 6.45) is -0.521. The van der Waals surface area contributed by atoms with Gasteiger partial charge in [-0.1, -0.05) is 19.1 Å². The molecule has 0 spiro atoms. The first-order valence-electron chi connectivity index (χ1n) is 4.01. The van der Waals surface area contributed by atoms with Gasteiger partial charge in [0, 0.05) is 7.05 Å². The van der Waals surface area contributed by atoms with Crippen LogP contribution in [0.4, 0.5) is 13.2 Å². The third-order valence-corrected chi connectivity index (χ3v) is 1.92. The second kappa shape index (κ2) is 6.70.